The summed E-state index contributed by atoms with van der Waals surface area (Å²) in [6.45, 7) is 7.53. The van der Waals surface area contributed by atoms with Crippen molar-refractivity contribution in [2.24, 2.45) is 11.8 Å². The van der Waals surface area contributed by atoms with Crippen molar-refractivity contribution in [2.45, 2.75) is 46.1 Å². The van der Waals surface area contributed by atoms with Crippen molar-refractivity contribution in [1.29, 1.82) is 0 Å². The molecule has 1 aromatic heterocycles. The van der Waals surface area contributed by atoms with Crippen molar-refractivity contribution >= 4 is 17.6 Å². The zero-order valence-electron chi connectivity index (χ0n) is 12.1. The highest BCUT2D eigenvalue weighted by atomic mass is 15.1. The summed E-state index contributed by atoms with van der Waals surface area (Å²) in [5.41, 5.74) is 5.74. The molecule has 0 spiro atoms. The SMILES string of the molecule is CCNc1cc(NC2CCC(C)C(C)C2)nc(N)n1. The molecule has 1 heterocycles. The predicted octanol–water partition coefficient (Wildman–Crippen LogP) is 2.73. The molecule has 0 radical (unpaired) electrons. The van der Waals surface area contributed by atoms with E-state index in [1.165, 1.54) is 19.3 Å². The molecule has 3 unspecified atom stereocenters. The molecule has 4 N–H and O–H groups in total. The summed E-state index contributed by atoms with van der Waals surface area (Å²) in [5, 5.41) is 6.67. The van der Waals surface area contributed by atoms with E-state index < -0.39 is 0 Å². The van der Waals surface area contributed by atoms with Gasteiger partial charge in [-0.05, 0) is 38.0 Å². The Morgan fingerprint density at radius 3 is 2.63 bits per heavy atom. The Hall–Kier alpha value is -1.52. The molecule has 0 aromatic carbocycles. The second-order valence-electron chi connectivity index (χ2n) is 5.64. The molecule has 1 fully saturated rings. The van der Waals surface area contributed by atoms with Crippen LogP contribution in [0.25, 0.3) is 0 Å². The summed E-state index contributed by atoms with van der Waals surface area (Å²) in [7, 11) is 0. The molecule has 0 aliphatic heterocycles. The van der Waals surface area contributed by atoms with Crippen LogP contribution in [0.1, 0.15) is 40.0 Å². The Labute approximate surface area is 115 Å². The van der Waals surface area contributed by atoms with Crippen LogP contribution in [0.3, 0.4) is 0 Å². The van der Waals surface area contributed by atoms with E-state index in [-0.39, 0.29) is 0 Å². The molecule has 3 atom stereocenters. The summed E-state index contributed by atoms with van der Waals surface area (Å²) in [6.07, 6.45) is 3.67. The first-order valence-electron chi connectivity index (χ1n) is 7.23. The van der Waals surface area contributed by atoms with Crippen LogP contribution in [-0.2, 0) is 0 Å². The van der Waals surface area contributed by atoms with Crippen molar-refractivity contribution in [2.75, 3.05) is 22.9 Å². The summed E-state index contributed by atoms with van der Waals surface area (Å²) in [6, 6.07) is 2.43. The third-order valence-corrected chi connectivity index (χ3v) is 4.05. The Balaban J connectivity index is 2.02. The lowest BCUT2D eigenvalue weighted by Gasteiger charge is -2.32. The topological polar surface area (TPSA) is 75.9 Å². The van der Waals surface area contributed by atoms with Gasteiger partial charge in [0.1, 0.15) is 11.6 Å². The van der Waals surface area contributed by atoms with Crippen LogP contribution in [0, 0.1) is 11.8 Å². The average molecular weight is 263 g/mol. The number of nitrogen functional groups attached to an aromatic ring is 1. The Morgan fingerprint density at radius 2 is 1.95 bits per heavy atom. The maximum absolute atomic E-state index is 5.74. The third kappa shape index (κ3) is 3.72. The quantitative estimate of drug-likeness (QED) is 0.778. The third-order valence-electron chi connectivity index (χ3n) is 4.05. The Kier molecular flexibility index (Phi) is 4.45. The molecule has 106 valence electrons. The normalized spacial score (nSPS) is 27.0. The lowest BCUT2D eigenvalue weighted by atomic mass is 9.79. The number of rotatable bonds is 4. The van der Waals surface area contributed by atoms with E-state index in [1.807, 2.05) is 13.0 Å². The van der Waals surface area contributed by atoms with E-state index in [1.54, 1.807) is 0 Å². The molecule has 0 saturated heterocycles. The predicted molar refractivity (Wildman–Crippen MR) is 80.2 cm³/mol. The van der Waals surface area contributed by atoms with Crippen molar-refractivity contribution < 1.29 is 0 Å². The molecule has 2 rings (SSSR count). The molecule has 5 nitrogen and oxygen atoms in total. The van der Waals surface area contributed by atoms with Crippen LogP contribution in [0.4, 0.5) is 17.6 Å². The fourth-order valence-corrected chi connectivity index (χ4v) is 2.70. The van der Waals surface area contributed by atoms with Gasteiger partial charge < -0.3 is 16.4 Å². The van der Waals surface area contributed by atoms with Gasteiger partial charge in [0.2, 0.25) is 5.95 Å². The minimum Gasteiger partial charge on any atom is -0.370 e. The number of nitrogens with zero attached hydrogens (tertiary/aromatic N) is 2. The minimum absolute atomic E-state index is 0.318. The minimum atomic E-state index is 0.318. The molecule has 19 heavy (non-hydrogen) atoms. The zero-order valence-corrected chi connectivity index (χ0v) is 12.1. The first kappa shape index (κ1) is 13.9. The van der Waals surface area contributed by atoms with E-state index >= 15 is 0 Å². The standard InChI is InChI=1S/C14H25N5/c1-4-16-12-8-13(19-14(15)18-12)17-11-6-5-9(2)10(3)7-11/h8-11H,4-7H2,1-3H3,(H4,15,16,17,18,19). The number of anilines is 3. The largest absolute Gasteiger partial charge is 0.370 e. The molecule has 1 aromatic rings. The second kappa shape index (κ2) is 6.08. The summed E-state index contributed by atoms with van der Waals surface area (Å²) >= 11 is 0. The molecule has 0 bridgehead atoms. The van der Waals surface area contributed by atoms with Crippen molar-refractivity contribution in [1.82, 2.24) is 9.97 Å². The lowest BCUT2D eigenvalue weighted by molar-refractivity contribution is 0.260. The Morgan fingerprint density at radius 1 is 1.21 bits per heavy atom. The van der Waals surface area contributed by atoms with Crippen LogP contribution in [0.2, 0.25) is 0 Å². The van der Waals surface area contributed by atoms with Gasteiger partial charge in [-0.3, -0.25) is 0 Å². The fraction of sp³-hybridized carbons (Fsp3) is 0.714. The van der Waals surface area contributed by atoms with Gasteiger partial charge in [-0.15, -0.1) is 0 Å². The van der Waals surface area contributed by atoms with E-state index in [0.717, 1.165) is 30.0 Å². The van der Waals surface area contributed by atoms with E-state index in [9.17, 15) is 0 Å². The van der Waals surface area contributed by atoms with E-state index in [0.29, 0.717) is 12.0 Å². The maximum atomic E-state index is 5.74. The zero-order chi connectivity index (χ0) is 13.8. The number of hydrogen-bond acceptors (Lipinski definition) is 5. The van der Waals surface area contributed by atoms with Gasteiger partial charge in [0.25, 0.3) is 0 Å². The van der Waals surface area contributed by atoms with Gasteiger partial charge in [-0.25, -0.2) is 0 Å². The molecule has 0 amide bonds. The molecule has 1 saturated carbocycles. The Bertz CT molecular complexity index is 420. The van der Waals surface area contributed by atoms with Crippen LogP contribution in [0.15, 0.2) is 6.07 Å². The highest BCUT2D eigenvalue weighted by molar-refractivity contribution is 5.51. The highest BCUT2D eigenvalue weighted by Gasteiger charge is 2.24. The van der Waals surface area contributed by atoms with Gasteiger partial charge in [-0.1, -0.05) is 13.8 Å². The highest BCUT2D eigenvalue weighted by Crippen LogP contribution is 2.31. The molecular weight excluding hydrogens is 238 g/mol. The second-order valence-corrected chi connectivity index (χ2v) is 5.64. The molecule has 1 aliphatic rings. The van der Waals surface area contributed by atoms with Crippen molar-refractivity contribution in [3.05, 3.63) is 6.07 Å². The summed E-state index contributed by atoms with van der Waals surface area (Å²) in [5.74, 6) is 3.52. The first-order valence-corrected chi connectivity index (χ1v) is 7.23. The lowest BCUT2D eigenvalue weighted by Crippen LogP contribution is -2.30. The monoisotopic (exact) mass is 263 g/mol. The van der Waals surface area contributed by atoms with Gasteiger partial charge in [0, 0.05) is 18.7 Å². The van der Waals surface area contributed by atoms with Crippen LogP contribution >= 0.6 is 0 Å². The van der Waals surface area contributed by atoms with Crippen molar-refractivity contribution in [3.8, 4) is 0 Å². The van der Waals surface area contributed by atoms with Crippen LogP contribution < -0.4 is 16.4 Å². The number of hydrogen-bond donors (Lipinski definition) is 3. The van der Waals surface area contributed by atoms with E-state index in [2.05, 4.69) is 34.4 Å². The number of nitrogens with one attached hydrogen (secondary N) is 2. The smallest absolute Gasteiger partial charge is 0.223 e. The summed E-state index contributed by atoms with van der Waals surface area (Å²) < 4.78 is 0. The molecule has 5 heteroatoms. The van der Waals surface area contributed by atoms with E-state index in [4.69, 9.17) is 5.73 Å². The molecular formula is C14H25N5. The van der Waals surface area contributed by atoms with Crippen LogP contribution in [0.5, 0.6) is 0 Å². The summed E-state index contributed by atoms with van der Waals surface area (Å²) in [4.78, 5) is 8.43. The van der Waals surface area contributed by atoms with Crippen LogP contribution in [-0.4, -0.2) is 22.6 Å². The van der Waals surface area contributed by atoms with Crippen molar-refractivity contribution in [3.63, 3.8) is 0 Å². The number of nitrogens with two attached hydrogens (primary N) is 1. The first-order chi connectivity index (χ1) is 9.08. The van der Waals surface area contributed by atoms with Gasteiger partial charge >= 0.3 is 0 Å². The van der Waals surface area contributed by atoms with Gasteiger partial charge in [-0.2, -0.15) is 9.97 Å². The average Bonchev–Trinajstić information content (AvgIpc) is 2.33. The fourth-order valence-electron chi connectivity index (χ4n) is 2.70. The number of aromatic nitrogens is 2. The van der Waals surface area contributed by atoms with Gasteiger partial charge in [0.15, 0.2) is 0 Å². The maximum Gasteiger partial charge on any atom is 0.223 e. The van der Waals surface area contributed by atoms with Gasteiger partial charge in [0.05, 0.1) is 0 Å². The molecule has 1 aliphatic carbocycles.